The summed E-state index contributed by atoms with van der Waals surface area (Å²) < 4.78 is 0.837. The first-order valence-corrected chi connectivity index (χ1v) is 4.50. The number of hydrogen-bond acceptors (Lipinski definition) is 3. The molecule has 0 aromatic heterocycles. The standard InChI is InChI=1S/C8H17N2OS/c1-10(2,6-7-11)5-3-4-9-8-12/h11H,3-7H2,1-2H3/q+1. The van der Waals surface area contributed by atoms with Crippen LogP contribution < -0.4 is 0 Å². The average Bonchev–Trinajstić information content (AvgIpc) is 1.98. The van der Waals surface area contributed by atoms with Crippen molar-refractivity contribution < 1.29 is 9.59 Å². The van der Waals surface area contributed by atoms with Crippen LogP contribution in [0.4, 0.5) is 0 Å². The van der Waals surface area contributed by atoms with Crippen LogP contribution in [0.1, 0.15) is 6.42 Å². The van der Waals surface area contributed by atoms with Gasteiger partial charge >= 0.3 is 0 Å². The van der Waals surface area contributed by atoms with Crippen molar-refractivity contribution in [1.29, 1.82) is 0 Å². The highest BCUT2D eigenvalue weighted by Crippen LogP contribution is 1.97. The Morgan fingerprint density at radius 3 is 2.58 bits per heavy atom. The second-order valence-corrected chi connectivity index (χ2v) is 3.62. The SMILES string of the molecule is C[N+](C)(CCO)CCCN=C=S. The van der Waals surface area contributed by atoms with Crippen LogP contribution in [0.25, 0.3) is 0 Å². The zero-order valence-electron chi connectivity index (χ0n) is 7.79. The van der Waals surface area contributed by atoms with Crippen LogP contribution in [0, 0.1) is 0 Å². The van der Waals surface area contributed by atoms with Gasteiger partial charge in [-0.2, -0.15) is 0 Å². The van der Waals surface area contributed by atoms with Crippen LogP contribution in [0.5, 0.6) is 0 Å². The van der Waals surface area contributed by atoms with Crippen LogP contribution in [-0.2, 0) is 0 Å². The van der Waals surface area contributed by atoms with E-state index < -0.39 is 0 Å². The maximum Gasteiger partial charge on any atom is 0.102 e. The third kappa shape index (κ3) is 6.43. The van der Waals surface area contributed by atoms with Crippen molar-refractivity contribution in [2.45, 2.75) is 6.42 Å². The van der Waals surface area contributed by atoms with Gasteiger partial charge in [0, 0.05) is 6.42 Å². The summed E-state index contributed by atoms with van der Waals surface area (Å²) in [6.07, 6.45) is 0.997. The number of likely N-dealkylation sites (N-methyl/N-ethyl adjacent to an activating group) is 1. The molecule has 70 valence electrons. The third-order valence-corrected chi connectivity index (χ3v) is 1.93. The lowest BCUT2D eigenvalue weighted by molar-refractivity contribution is -0.890. The van der Waals surface area contributed by atoms with Gasteiger partial charge < -0.3 is 9.59 Å². The molecule has 0 fully saturated rings. The number of thiocarbonyl (C=S) groups is 1. The predicted molar refractivity (Wildman–Crippen MR) is 53.4 cm³/mol. The van der Waals surface area contributed by atoms with E-state index >= 15 is 0 Å². The largest absolute Gasteiger partial charge is 0.391 e. The quantitative estimate of drug-likeness (QED) is 0.286. The molecule has 0 rings (SSSR count). The molecular formula is C8H17N2OS+. The van der Waals surface area contributed by atoms with Crippen molar-refractivity contribution in [2.75, 3.05) is 40.3 Å². The fourth-order valence-corrected chi connectivity index (χ4v) is 1.10. The first-order chi connectivity index (χ1) is 5.62. The fraction of sp³-hybridized carbons (Fsp3) is 0.875. The van der Waals surface area contributed by atoms with Crippen molar-refractivity contribution in [1.82, 2.24) is 0 Å². The first-order valence-electron chi connectivity index (χ1n) is 4.09. The zero-order valence-corrected chi connectivity index (χ0v) is 8.60. The minimum absolute atomic E-state index is 0.240. The second kappa shape index (κ2) is 6.26. The Hall–Kier alpha value is -0.280. The highest BCUT2D eigenvalue weighted by atomic mass is 32.1. The van der Waals surface area contributed by atoms with Crippen molar-refractivity contribution in [3.8, 4) is 0 Å². The summed E-state index contributed by atoms with van der Waals surface area (Å²) in [6.45, 7) is 2.79. The summed E-state index contributed by atoms with van der Waals surface area (Å²) in [4.78, 5) is 3.83. The van der Waals surface area contributed by atoms with E-state index in [0.717, 1.165) is 30.5 Å². The van der Waals surface area contributed by atoms with Crippen molar-refractivity contribution in [3.63, 3.8) is 0 Å². The molecule has 0 radical (unpaired) electrons. The maximum atomic E-state index is 8.74. The molecule has 0 aliphatic heterocycles. The molecule has 1 N–H and O–H groups in total. The predicted octanol–water partition coefficient (Wildman–Crippen LogP) is 0.548. The van der Waals surface area contributed by atoms with Gasteiger partial charge in [0.2, 0.25) is 0 Å². The molecule has 0 heterocycles. The molecule has 0 saturated heterocycles. The Kier molecular flexibility index (Phi) is 6.11. The van der Waals surface area contributed by atoms with Gasteiger partial charge in [-0.15, -0.1) is 0 Å². The number of aliphatic imine (C=N–C) groups is 1. The number of aliphatic hydroxyl groups is 1. The molecule has 3 nitrogen and oxygen atoms in total. The highest BCUT2D eigenvalue weighted by molar-refractivity contribution is 7.78. The van der Waals surface area contributed by atoms with Crippen LogP contribution >= 0.6 is 12.2 Å². The van der Waals surface area contributed by atoms with Crippen molar-refractivity contribution >= 4 is 17.4 Å². The lowest BCUT2D eigenvalue weighted by Gasteiger charge is -2.28. The number of isothiocyanates is 1. The van der Waals surface area contributed by atoms with E-state index in [1.54, 1.807) is 0 Å². The molecule has 0 aromatic rings. The molecule has 0 bridgehead atoms. The molecule has 0 unspecified atom stereocenters. The molecule has 0 spiro atoms. The summed E-state index contributed by atoms with van der Waals surface area (Å²) in [7, 11) is 4.19. The van der Waals surface area contributed by atoms with Gasteiger partial charge in [0.25, 0.3) is 0 Å². The monoisotopic (exact) mass is 189 g/mol. The summed E-state index contributed by atoms with van der Waals surface area (Å²) in [5, 5.41) is 11.1. The van der Waals surface area contributed by atoms with E-state index in [0.29, 0.717) is 0 Å². The van der Waals surface area contributed by atoms with Gasteiger partial charge in [-0.05, 0) is 12.2 Å². The minimum atomic E-state index is 0.240. The van der Waals surface area contributed by atoms with Gasteiger partial charge in [0.15, 0.2) is 0 Å². The Morgan fingerprint density at radius 1 is 1.42 bits per heavy atom. The van der Waals surface area contributed by atoms with Crippen LogP contribution in [0.2, 0.25) is 0 Å². The number of rotatable bonds is 6. The van der Waals surface area contributed by atoms with Crippen LogP contribution in [0.15, 0.2) is 4.99 Å². The van der Waals surface area contributed by atoms with Crippen LogP contribution in [-0.4, -0.2) is 55.1 Å². The molecule has 0 saturated carbocycles. The molecule has 0 atom stereocenters. The van der Waals surface area contributed by atoms with Crippen LogP contribution in [0.3, 0.4) is 0 Å². The number of aliphatic hydroxyl groups excluding tert-OH is 1. The van der Waals surface area contributed by atoms with Gasteiger partial charge in [-0.3, -0.25) is 0 Å². The normalized spacial score (nSPS) is 10.9. The topological polar surface area (TPSA) is 32.6 Å². The molecule has 4 heteroatoms. The second-order valence-electron chi connectivity index (χ2n) is 3.43. The summed E-state index contributed by atoms with van der Waals surface area (Å²) in [5.41, 5.74) is 0. The number of quaternary nitrogens is 1. The van der Waals surface area contributed by atoms with E-state index in [-0.39, 0.29) is 6.61 Å². The Labute approximate surface area is 79.3 Å². The van der Waals surface area contributed by atoms with Gasteiger partial charge in [0.1, 0.15) is 6.54 Å². The maximum absolute atomic E-state index is 8.74. The number of hydrogen-bond donors (Lipinski definition) is 1. The summed E-state index contributed by atoms with van der Waals surface area (Å²) >= 11 is 4.45. The van der Waals surface area contributed by atoms with Gasteiger partial charge in [-0.1, -0.05) is 0 Å². The Balaban J connectivity index is 3.52. The van der Waals surface area contributed by atoms with E-state index in [9.17, 15) is 0 Å². The van der Waals surface area contributed by atoms with Gasteiger partial charge in [0.05, 0.1) is 39.0 Å². The van der Waals surface area contributed by atoms with Gasteiger partial charge in [-0.25, -0.2) is 4.99 Å². The molecule has 0 aliphatic rings. The highest BCUT2D eigenvalue weighted by Gasteiger charge is 2.12. The van der Waals surface area contributed by atoms with E-state index in [2.05, 4.69) is 36.5 Å². The third-order valence-electron chi connectivity index (χ3n) is 1.80. The summed E-state index contributed by atoms with van der Waals surface area (Å²) in [6, 6.07) is 0. The lowest BCUT2D eigenvalue weighted by Crippen LogP contribution is -2.42. The summed E-state index contributed by atoms with van der Waals surface area (Å²) in [5.74, 6) is 0. The van der Waals surface area contributed by atoms with Crippen molar-refractivity contribution in [2.24, 2.45) is 4.99 Å². The van der Waals surface area contributed by atoms with E-state index in [4.69, 9.17) is 5.11 Å². The van der Waals surface area contributed by atoms with E-state index in [1.165, 1.54) is 0 Å². The fourth-order valence-electron chi connectivity index (χ4n) is 1.01. The average molecular weight is 189 g/mol. The zero-order chi connectivity index (χ0) is 9.45. The van der Waals surface area contributed by atoms with Crippen molar-refractivity contribution in [3.05, 3.63) is 0 Å². The number of nitrogens with zero attached hydrogens (tertiary/aromatic N) is 2. The Bertz CT molecular complexity index is 164. The smallest absolute Gasteiger partial charge is 0.102 e. The molecule has 0 amide bonds. The lowest BCUT2D eigenvalue weighted by atomic mass is 10.3. The molecular weight excluding hydrogens is 172 g/mol. The molecule has 0 aromatic carbocycles. The minimum Gasteiger partial charge on any atom is -0.391 e. The van der Waals surface area contributed by atoms with E-state index in [1.807, 2.05) is 0 Å². The first kappa shape index (κ1) is 11.7. The molecule has 0 aliphatic carbocycles. The molecule has 12 heavy (non-hydrogen) atoms. The Morgan fingerprint density at radius 2 is 2.08 bits per heavy atom.